The topological polar surface area (TPSA) is 106 Å². The molecule has 2 N–H and O–H groups in total. The fraction of sp³-hybridized carbons (Fsp3) is 0.0800. The van der Waals surface area contributed by atoms with Crippen molar-refractivity contribution >= 4 is 38.6 Å². The van der Waals surface area contributed by atoms with Gasteiger partial charge in [-0.05, 0) is 46.8 Å². The Kier molecular flexibility index (Phi) is 6.28. The zero-order valence-corrected chi connectivity index (χ0v) is 18.8. The molecule has 1 heterocycles. The normalized spacial score (nSPS) is 10.8. The van der Waals surface area contributed by atoms with Crippen molar-refractivity contribution in [3.8, 4) is 16.9 Å². The monoisotopic (exact) mass is 507 g/mol. The van der Waals surface area contributed by atoms with Gasteiger partial charge in [0.1, 0.15) is 11.4 Å². The largest absolute Gasteiger partial charge is 0.482 e. The van der Waals surface area contributed by atoms with Crippen LogP contribution in [0.3, 0.4) is 0 Å². The van der Waals surface area contributed by atoms with Crippen LogP contribution in [-0.2, 0) is 11.3 Å². The quantitative estimate of drug-likeness (QED) is 0.377. The Morgan fingerprint density at radius 2 is 1.61 bits per heavy atom. The molecule has 3 aromatic carbocycles. The van der Waals surface area contributed by atoms with Crippen molar-refractivity contribution in [2.75, 3.05) is 6.61 Å². The van der Waals surface area contributed by atoms with E-state index >= 15 is 0 Å². The van der Waals surface area contributed by atoms with Crippen molar-refractivity contribution in [1.82, 2.24) is 4.57 Å². The Balaban J connectivity index is 1.90. The van der Waals surface area contributed by atoms with Crippen molar-refractivity contribution < 1.29 is 24.5 Å². The lowest BCUT2D eigenvalue weighted by atomic mass is 9.96. The summed E-state index contributed by atoms with van der Waals surface area (Å²) < 4.78 is 7.13. The van der Waals surface area contributed by atoms with Gasteiger partial charge in [-0.1, -0.05) is 58.4 Å². The maximum atomic E-state index is 13.4. The van der Waals surface area contributed by atoms with Gasteiger partial charge in [0.2, 0.25) is 0 Å². The number of aliphatic carboxylic acids is 1. The average Bonchev–Trinajstić information content (AvgIpc) is 2.80. The van der Waals surface area contributed by atoms with Gasteiger partial charge in [0.15, 0.2) is 6.61 Å². The van der Waals surface area contributed by atoms with E-state index in [2.05, 4.69) is 15.9 Å². The van der Waals surface area contributed by atoms with E-state index in [1.807, 2.05) is 30.3 Å². The maximum Gasteiger partial charge on any atom is 0.353 e. The number of carboxylic acid groups (broad SMARTS) is 2. The number of nitrogens with zero attached hydrogens (tertiary/aromatic N) is 1. The molecule has 7 nitrogen and oxygen atoms in total. The summed E-state index contributed by atoms with van der Waals surface area (Å²) in [6.07, 6.45) is 0. The van der Waals surface area contributed by atoms with Crippen LogP contribution in [0, 0.1) is 0 Å². The molecule has 166 valence electrons. The fourth-order valence-electron chi connectivity index (χ4n) is 3.71. The summed E-state index contributed by atoms with van der Waals surface area (Å²) >= 11 is 3.42. The summed E-state index contributed by atoms with van der Waals surface area (Å²) in [5.41, 5.74) is 1.28. The summed E-state index contributed by atoms with van der Waals surface area (Å²) in [4.78, 5) is 36.5. The maximum absolute atomic E-state index is 13.4. The molecule has 4 rings (SSSR count). The lowest BCUT2D eigenvalue weighted by molar-refractivity contribution is -0.139. The van der Waals surface area contributed by atoms with Crippen LogP contribution < -0.4 is 10.3 Å². The van der Waals surface area contributed by atoms with Crippen LogP contribution in [0.2, 0.25) is 0 Å². The van der Waals surface area contributed by atoms with E-state index in [9.17, 15) is 19.5 Å². The summed E-state index contributed by atoms with van der Waals surface area (Å²) in [5.74, 6) is -1.94. The molecule has 33 heavy (non-hydrogen) atoms. The van der Waals surface area contributed by atoms with Gasteiger partial charge in [0, 0.05) is 15.4 Å². The lowest BCUT2D eigenvalue weighted by Crippen LogP contribution is -2.28. The van der Waals surface area contributed by atoms with Crippen LogP contribution in [-0.4, -0.2) is 33.3 Å². The highest BCUT2D eigenvalue weighted by molar-refractivity contribution is 9.10. The molecule has 8 heteroatoms. The molecular formula is C25H18BrNO6. The van der Waals surface area contributed by atoms with Crippen molar-refractivity contribution in [1.29, 1.82) is 0 Å². The highest BCUT2D eigenvalue weighted by Gasteiger charge is 2.23. The molecule has 0 aliphatic rings. The first-order valence-corrected chi connectivity index (χ1v) is 10.7. The number of hydrogen-bond acceptors (Lipinski definition) is 4. The Morgan fingerprint density at radius 3 is 2.24 bits per heavy atom. The first-order chi connectivity index (χ1) is 15.8. The minimum Gasteiger partial charge on any atom is -0.482 e. The van der Waals surface area contributed by atoms with E-state index in [1.54, 1.807) is 42.5 Å². The third-order valence-electron chi connectivity index (χ3n) is 5.12. The number of hydrogen-bond donors (Lipinski definition) is 2. The van der Waals surface area contributed by atoms with E-state index in [0.29, 0.717) is 33.2 Å². The predicted octanol–water partition coefficient (Wildman–Crippen LogP) is 4.64. The summed E-state index contributed by atoms with van der Waals surface area (Å²) in [6, 6.07) is 20.8. The van der Waals surface area contributed by atoms with Crippen LogP contribution in [0.4, 0.5) is 0 Å². The summed E-state index contributed by atoms with van der Waals surface area (Å²) in [7, 11) is 0. The Bertz CT molecular complexity index is 1410. The van der Waals surface area contributed by atoms with Gasteiger partial charge in [-0.2, -0.15) is 0 Å². The summed E-state index contributed by atoms with van der Waals surface area (Å²) in [5, 5.41) is 19.9. The van der Waals surface area contributed by atoms with Crippen molar-refractivity contribution in [3.63, 3.8) is 0 Å². The minimum absolute atomic E-state index is 0.0194. The van der Waals surface area contributed by atoms with E-state index in [0.717, 1.165) is 4.47 Å². The minimum atomic E-state index is -1.21. The second-order valence-corrected chi connectivity index (χ2v) is 8.22. The zero-order chi connectivity index (χ0) is 23.5. The number of rotatable bonds is 7. The second kappa shape index (κ2) is 9.30. The van der Waals surface area contributed by atoms with E-state index in [1.165, 1.54) is 4.57 Å². The van der Waals surface area contributed by atoms with Crippen molar-refractivity contribution in [2.24, 2.45) is 0 Å². The number of ether oxygens (including phenoxy) is 1. The number of aromatic carboxylic acids is 1. The molecule has 0 atom stereocenters. The molecule has 0 bridgehead atoms. The van der Waals surface area contributed by atoms with Gasteiger partial charge in [-0.3, -0.25) is 9.36 Å². The summed E-state index contributed by atoms with van der Waals surface area (Å²) in [6.45, 7) is -0.450. The Hall–Kier alpha value is -3.91. The molecule has 0 saturated heterocycles. The lowest BCUT2D eigenvalue weighted by Gasteiger charge is -2.18. The van der Waals surface area contributed by atoms with Gasteiger partial charge in [-0.15, -0.1) is 0 Å². The van der Waals surface area contributed by atoms with E-state index < -0.39 is 24.1 Å². The molecule has 0 saturated carbocycles. The highest BCUT2D eigenvalue weighted by atomic mass is 79.9. The van der Waals surface area contributed by atoms with Crippen LogP contribution in [0.1, 0.15) is 16.1 Å². The van der Waals surface area contributed by atoms with Crippen molar-refractivity contribution in [3.05, 3.63) is 98.9 Å². The number of pyridine rings is 1. The predicted molar refractivity (Wildman–Crippen MR) is 127 cm³/mol. The van der Waals surface area contributed by atoms with Crippen molar-refractivity contribution in [2.45, 2.75) is 6.54 Å². The number of benzene rings is 3. The fourth-order valence-corrected chi connectivity index (χ4v) is 4.07. The first-order valence-electron chi connectivity index (χ1n) is 9.93. The van der Waals surface area contributed by atoms with Crippen LogP contribution in [0.15, 0.2) is 82.1 Å². The van der Waals surface area contributed by atoms with Gasteiger partial charge in [0.25, 0.3) is 5.56 Å². The number of carbonyl (C=O) groups is 2. The SMILES string of the molecule is O=C(O)COc1ccc(Cn2c(C(=O)O)c(-c3ccccc3)c3cc(Br)ccc3c2=O)cc1. The van der Waals surface area contributed by atoms with E-state index in [-0.39, 0.29) is 12.2 Å². The molecule has 4 aromatic rings. The van der Waals surface area contributed by atoms with Crippen LogP contribution >= 0.6 is 15.9 Å². The number of fused-ring (bicyclic) bond motifs is 1. The molecular weight excluding hydrogens is 490 g/mol. The number of halogens is 1. The van der Waals surface area contributed by atoms with Gasteiger partial charge in [0.05, 0.1) is 6.54 Å². The molecule has 0 spiro atoms. The van der Waals surface area contributed by atoms with Gasteiger partial charge < -0.3 is 14.9 Å². The first kappa shape index (κ1) is 22.3. The Labute approximate surface area is 196 Å². The molecule has 0 aliphatic carbocycles. The van der Waals surface area contributed by atoms with Gasteiger partial charge >= 0.3 is 11.9 Å². The highest BCUT2D eigenvalue weighted by Crippen LogP contribution is 2.33. The second-order valence-electron chi connectivity index (χ2n) is 7.30. The zero-order valence-electron chi connectivity index (χ0n) is 17.2. The molecule has 0 radical (unpaired) electrons. The Morgan fingerprint density at radius 1 is 0.909 bits per heavy atom. The number of carboxylic acids is 2. The van der Waals surface area contributed by atoms with E-state index in [4.69, 9.17) is 9.84 Å². The molecule has 0 fully saturated rings. The van der Waals surface area contributed by atoms with Crippen LogP contribution in [0.25, 0.3) is 21.9 Å². The van der Waals surface area contributed by atoms with Gasteiger partial charge in [-0.25, -0.2) is 9.59 Å². The van der Waals surface area contributed by atoms with Crippen LogP contribution in [0.5, 0.6) is 5.75 Å². The number of aromatic nitrogens is 1. The molecule has 0 aliphatic heterocycles. The third kappa shape index (κ3) is 4.65. The smallest absolute Gasteiger partial charge is 0.353 e. The molecule has 1 aromatic heterocycles. The molecule has 0 unspecified atom stereocenters. The average molecular weight is 508 g/mol. The third-order valence-corrected chi connectivity index (χ3v) is 5.62. The standard InChI is InChI=1S/C25H18BrNO6/c26-17-8-11-19-20(12-17)22(16-4-2-1-3-5-16)23(25(31)32)27(24(19)30)13-15-6-9-18(10-7-15)33-14-21(28)29/h1-12H,13-14H2,(H,28,29)(H,31,32). The molecule has 0 amide bonds.